The summed E-state index contributed by atoms with van der Waals surface area (Å²) in [6.07, 6.45) is 11.3. The summed E-state index contributed by atoms with van der Waals surface area (Å²) >= 11 is 0. The SMILES string of the molecule is CC.CCN1CC=C(C2=CN(C(=O)/C=C(\C)c3ccc(OC)c(C)c3)C(C)C=C2)CC1. The molecule has 3 rings (SSSR count). The fraction of sp³-hybridized carbons (Fsp3) is 0.444. The van der Waals surface area contributed by atoms with Crippen LogP contribution in [0, 0.1) is 6.92 Å². The molecule has 1 aromatic rings. The maximum absolute atomic E-state index is 13.0. The Morgan fingerprint density at radius 2 is 2.03 bits per heavy atom. The van der Waals surface area contributed by atoms with E-state index in [0.717, 1.165) is 54.1 Å². The molecule has 168 valence electrons. The molecule has 31 heavy (non-hydrogen) atoms. The molecule has 1 unspecified atom stereocenters. The minimum absolute atomic E-state index is 0.0110. The second-order valence-electron chi connectivity index (χ2n) is 7.81. The summed E-state index contributed by atoms with van der Waals surface area (Å²) in [6, 6.07) is 6.05. The maximum atomic E-state index is 13.0. The molecular weight excluding hydrogens is 384 g/mol. The third-order valence-corrected chi connectivity index (χ3v) is 5.83. The smallest absolute Gasteiger partial charge is 0.251 e. The third kappa shape index (κ3) is 6.20. The van der Waals surface area contributed by atoms with Gasteiger partial charge in [0.2, 0.25) is 0 Å². The molecule has 2 aliphatic rings. The molecule has 4 heteroatoms. The molecule has 1 aromatic carbocycles. The Balaban J connectivity index is 0.00000166. The van der Waals surface area contributed by atoms with Crippen LogP contribution in [-0.2, 0) is 4.79 Å². The molecule has 0 fully saturated rings. The predicted molar refractivity (Wildman–Crippen MR) is 131 cm³/mol. The molecule has 0 aromatic heterocycles. The molecule has 1 amide bonds. The number of likely N-dealkylation sites (N-methyl/N-ethyl adjacent to an activating group) is 1. The van der Waals surface area contributed by atoms with E-state index in [-0.39, 0.29) is 11.9 Å². The first kappa shape index (κ1) is 24.7. The highest BCUT2D eigenvalue weighted by Gasteiger charge is 2.21. The zero-order valence-electron chi connectivity index (χ0n) is 20.2. The first-order chi connectivity index (χ1) is 14.9. The molecule has 2 aliphatic heterocycles. The topological polar surface area (TPSA) is 32.8 Å². The third-order valence-electron chi connectivity index (χ3n) is 5.83. The number of aryl methyl sites for hydroxylation is 1. The van der Waals surface area contributed by atoms with Crippen molar-refractivity contribution >= 4 is 11.5 Å². The predicted octanol–water partition coefficient (Wildman–Crippen LogP) is 5.76. The molecule has 0 N–H and O–H groups in total. The minimum Gasteiger partial charge on any atom is -0.496 e. The Labute approximate surface area is 188 Å². The van der Waals surface area contributed by atoms with Crippen molar-refractivity contribution in [2.24, 2.45) is 0 Å². The van der Waals surface area contributed by atoms with E-state index < -0.39 is 0 Å². The number of ether oxygens (including phenoxy) is 1. The number of benzene rings is 1. The van der Waals surface area contributed by atoms with E-state index in [9.17, 15) is 4.79 Å². The van der Waals surface area contributed by atoms with E-state index in [1.165, 1.54) is 5.57 Å². The number of methoxy groups -OCH3 is 1. The fourth-order valence-electron chi connectivity index (χ4n) is 3.83. The Bertz CT molecular complexity index is 892. The number of allylic oxidation sites excluding steroid dienone is 3. The van der Waals surface area contributed by atoms with E-state index >= 15 is 0 Å². The van der Waals surface area contributed by atoms with Crippen molar-refractivity contribution in [3.63, 3.8) is 0 Å². The molecule has 0 aliphatic carbocycles. The van der Waals surface area contributed by atoms with E-state index in [4.69, 9.17) is 4.74 Å². The van der Waals surface area contributed by atoms with Crippen molar-refractivity contribution in [1.29, 1.82) is 0 Å². The zero-order valence-corrected chi connectivity index (χ0v) is 20.2. The quantitative estimate of drug-likeness (QED) is 0.566. The standard InChI is InChI=1S/C25H32N2O2.C2H6/c1-6-26-13-11-21(12-14-26)23-8-7-20(4)27(17-23)25(28)16-18(2)22-9-10-24(29-5)19(3)15-22;1-2/h7-11,15-17,20H,6,12-14H2,1-5H3;1-2H3/b18-16+;. The van der Waals surface area contributed by atoms with Crippen molar-refractivity contribution < 1.29 is 9.53 Å². The first-order valence-corrected chi connectivity index (χ1v) is 11.4. The van der Waals surface area contributed by atoms with Gasteiger partial charge in [-0.2, -0.15) is 0 Å². The minimum atomic E-state index is 0.0110. The first-order valence-electron chi connectivity index (χ1n) is 11.4. The molecule has 0 saturated heterocycles. The number of carbonyl (C=O) groups excluding carboxylic acids is 1. The van der Waals surface area contributed by atoms with Gasteiger partial charge in [0.25, 0.3) is 5.91 Å². The monoisotopic (exact) mass is 422 g/mol. The maximum Gasteiger partial charge on any atom is 0.251 e. The van der Waals surface area contributed by atoms with Gasteiger partial charge in [0, 0.05) is 25.4 Å². The Morgan fingerprint density at radius 1 is 1.29 bits per heavy atom. The Kier molecular flexibility index (Phi) is 9.32. The Hall–Kier alpha value is -2.59. The highest BCUT2D eigenvalue weighted by Crippen LogP contribution is 2.26. The number of nitrogens with zero attached hydrogens (tertiary/aromatic N) is 2. The lowest BCUT2D eigenvalue weighted by Crippen LogP contribution is -2.34. The number of hydrogen-bond donors (Lipinski definition) is 0. The van der Waals surface area contributed by atoms with Crippen LogP contribution in [0.25, 0.3) is 5.57 Å². The van der Waals surface area contributed by atoms with Gasteiger partial charge < -0.3 is 9.64 Å². The van der Waals surface area contributed by atoms with Gasteiger partial charge >= 0.3 is 0 Å². The summed E-state index contributed by atoms with van der Waals surface area (Å²) in [5.74, 6) is 0.870. The molecule has 2 heterocycles. The van der Waals surface area contributed by atoms with Crippen LogP contribution in [0.5, 0.6) is 5.75 Å². The molecule has 0 radical (unpaired) electrons. The number of amides is 1. The van der Waals surface area contributed by atoms with Crippen molar-refractivity contribution in [2.45, 2.75) is 54.0 Å². The lowest BCUT2D eigenvalue weighted by molar-refractivity contribution is -0.124. The Morgan fingerprint density at radius 3 is 2.61 bits per heavy atom. The summed E-state index contributed by atoms with van der Waals surface area (Å²) < 4.78 is 5.33. The van der Waals surface area contributed by atoms with Crippen LogP contribution >= 0.6 is 0 Å². The van der Waals surface area contributed by atoms with Gasteiger partial charge in [-0.05, 0) is 73.7 Å². The van der Waals surface area contributed by atoms with Gasteiger partial charge in [-0.3, -0.25) is 9.69 Å². The number of carbonyl (C=O) groups is 1. The van der Waals surface area contributed by atoms with Crippen molar-refractivity contribution in [1.82, 2.24) is 9.80 Å². The lowest BCUT2D eigenvalue weighted by Gasteiger charge is -2.30. The average Bonchev–Trinajstić information content (AvgIpc) is 2.80. The molecule has 1 atom stereocenters. The fourth-order valence-corrected chi connectivity index (χ4v) is 3.83. The lowest BCUT2D eigenvalue weighted by atomic mass is 9.96. The van der Waals surface area contributed by atoms with E-state index in [2.05, 4.69) is 43.0 Å². The van der Waals surface area contributed by atoms with Crippen LogP contribution < -0.4 is 4.74 Å². The largest absolute Gasteiger partial charge is 0.496 e. The summed E-state index contributed by atoms with van der Waals surface area (Å²) in [4.78, 5) is 17.3. The number of rotatable bonds is 5. The van der Waals surface area contributed by atoms with Crippen LogP contribution in [0.4, 0.5) is 0 Å². The average molecular weight is 423 g/mol. The van der Waals surface area contributed by atoms with Crippen LogP contribution in [0.1, 0.15) is 52.2 Å². The van der Waals surface area contributed by atoms with Gasteiger partial charge in [-0.1, -0.05) is 45.1 Å². The van der Waals surface area contributed by atoms with Gasteiger partial charge in [0.15, 0.2) is 0 Å². The zero-order chi connectivity index (χ0) is 23.0. The van der Waals surface area contributed by atoms with E-state index in [1.807, 2.05) is 50.9 Å². The highest BCUT2D eigenvalue weighted by atomic mass is 16.5. The van der Waals surface area contributed by atoms with E-state index in [1.54, 1.807) is 13.2 Å². The van der Waals surface area contributed by atoms with Crippen LogP contribution in [-0.4, -0.2) is 48.5 Å². The normalized spacial score (nSPS) is 19.3. The van der Waals surface area contributed by atoms with Crippen LogP contribution in [0.3, 0.4) is 0 Å². The van der Waals surface area contributed by atoms with Gasteiger partial charge in [0.1, 0.15) is 5.75 Å². The molecule has 0 bridgehead atoms. The summed E-state index contributed by atoms with van der Waals surface area (Å²) in [6.45, 7) is 15.4. The van der Waals surface area contributed by atoms with E-state index in [0.29, 0.717) is 0 Å². The molecule has 0 spiro atoms. The highest BCUT2D eigenvalue weighted by molar-refractivity contribution is 5.96. The number of hydrogen-bond acceptors (Lipinski definition) is 3. The summed E-state index contributed by atoms with van der Waals surface area (Å²) in [5.41, 5.74) is 5.54. The molecular formula is C27H38N2O2. The second-order valence-corrected chi connectivity index (χ2v) is 7.81. The van der Waals surface area contributed by atoms with Crippen molar-refractivity contribution in [2.75, 3.05) is 26.7 Å². The van der Waals surface area contributed by atoms with Gasteiger partial charge in [-0.25, -0.2) is 0 Å². The van der Waals surface area contributed by atoms with Crippen LogP contribution in [0.15, 0.2) is 59.8 Å². The van der Waals surface area contributed by atoms with Crippen molar-refractivity contribution in [3.8, 4) is 5.75 Å². The van der Waals surface area contributed by atoms with Gasteiger partial charge in [-0.15, -0.1) is 0 Å². The molecule has 4 nitrogen and oxygen atoms in total. The summed E-state index contributed by atoms with van der Waals surface area (Å²) in [7, 11) is 1.67. The van der Waals surface area contributed by atoms with Crippen LogP contribution in [0.2, 0.25) is 0 Å². The van der Waals surface area contributed by atoms with Gasteiger partial charge in [0.05, 0.1) is 13.2 Å². The second kappa shape index (κ2) is 11.7. The summed E-state index contributed by atoms with van der Waals surface area (Å²) in [5, 5.41) is 0. The molecule has 0 saturated carbocycles. The van der Waals surface area contributed by atoms with Crippen molar-refractivity contribution in [3.05, 3.63) is 71.0 Å².